The Morgan fingerprint density at radius 1 is 1.05 bits per heavy atom. The molecule has 2 atom stereocenters. The molecule has 3 fully saturated rings. The molecule has 0 N–H and O–H groups in total. The van der Waals surface area contributed by atoms with Crippen LogP contribution in [0.3, 0.4) is 0 Å². The molecule has 2 heterocycles. The fourth-order valence-corrected chi connectivity index (χ4v) is 4.21. The molecule has 2 unspecified atom stereocenters. The van der Waals surface area contributed by atoms with Crippen molar-refractivity contribution in [2.75, 3.05) is 26.2 Å². The summed E-state index contributed by atoms with van der Waals surface area (Å²) in [6.45, 7) is 6.59. The molecular weight excluding hydrogens is 236 g/mol. The Hall–Kier alpha value is -0.410. The molecule has 19 heavy (non-hydrogen) atoms. The van der Waals surface area contributed by atoms with E-state index in [2.05, 4.69) is 16.7 Å². The summed E-state index contributed by atoms with van der Waals surface area (Å²) in [4.78, 5) is 17.5. The minimum atomic E-state index is 0.386. The molecule has 0 aromatic rings. The van der Waals surface area contributed by atoms with Gasteiger partial charge in [-0.2, -0.15) is 0 Å². The first-order valence-corrected chi connectivity index (χ1v) is 8.25. The van der Waals surface area contributed by atoms with Crippen molar-refractivity contribution >= 4 is 5.78 Å². The quantitative estimate of drug-likeness (QED) is 0.781. The number of piperidine rings is 1. The van der Waals surface area contributed by atoms with Crippen LogP contribution < -0.4 is 0 Å². The van der Waals surface area contributed by atoms with E-state index in [0.29, 0.717) is 17.7 Å². The lowest BCUT2D eigenvalue weighted by molar-refractivity contribution is -0.125. The van der Waals surface area contributed by atoms with Gasteiger partial charge in [0, 0.05) is 31.1 Å². The fraction of sp³-hybridized carbons (Fsp3) is 0.938. The van der Waals surface area contributed by atoms with Crippen LogP contribution in [0, 0.1) is 5.92 Å². The average molecular weight is 264 g/mol. The van der Waals surface area contributed by atoms with Crippen molar-refractivity contribution in [1.82, 2.24) is 9.80 Å². The summed E-state index contributed by atoms with van der Waals surface area (Å²) in [5.41, 5.74) is 0. The minimum Gasteiger partial charge on any atom is -0.298 e. The van der Waals surface area contributed by atoms with Crippen LogP contribution in [-0.2, 0) is 4.79 Å². The molecule has 2 saturated heterocycles. The molecule has 3 heteroatoms. The maximum absolute atomic E-state index is 12.4. The highest BCUT2D eigenvalue weighted by molar-refractivity contribution is 5.83. The number of hydrogen-bond acceptors (Lipinski definition) is 3. The third-order valence-electron chi connectivity index (χ3n) is 5.49. The van der Waals surface area contributed by atoms with Crippen LogP contribution in [-0.4, -0.2) is 53.8 Å². The van der Waals surface area contributed by atoms with E-state index in [4.69, 9.17) is 0 Å². The Labute approximate surface area is 117 Å². The van der Waals surface area contributed by atoms with Crippen molar-refractivity contribution < 1.29 is 4.79 Å². The molecule has 3 aliphatic rings. The minimum absolute atomic E-state index is 0.386. The molecule has 0 aromatic carbocycles. The van der Waals surface area contributed by atoms with E-state index in [-0.39, 0.29) is 0 Å². The van der Waals surface area contributed by atoms with Gasteiger partial charge in [-0.3, -0.25) is 14.6 Å². The van der Waals surface area contributed by atoms with Gasteiger partial charge in [0.25, 0.3) is 0 Å². The van der Waals surface area contributed by atoms with Gasteiger partial charge in [0.1, 0.15) is 5.78 Å². The topological polar surface area (TPSA) is 23.6 Å². The van der Waals surface area contributed by atoms with Gasteiger partial charge in [0.15, 0.2) is 0 Å². The maximum atomic E-state index is 12.4. The summed E-state index contributed by atoms with van der Waals surface area (Å²) in [7, 11) is 0. The van der Waals surface area contributed by atoms with Gasteiger partial charge in [-0.1, -0.05) is 19.3 Å². The zero-order valence-corrected chi connectivity index (χ0v) is 12.3. The predicted molar refractivity (Wildman–Crippen MR) is 77.2 cm³/mol. The van der Waals surface area contributed by atoms with Gasteiger partial charge in [-0.05, 0) is 39.2 Å². The number of nitrogens with zero attached hydrogens (tertiary/aromatic N) is 2. The van der Waals surface area contributed by atoms with E-state index < -0.39 is 0 Å². The molecule has 0 bridgehead atoms. The molecule has 1 saturated carbocycles. The lowest BCUT2D eigenvalue weighted by Crippen LogP contribution is -2.59. The summed E-state index contributed by atoms with van der Waals surface area (Å²) in [5.74, 6) is 0.908. The van der Waals surface area contributed by atoms with E-state index in [1.54, 1.807) is 0 Å². The number of hydrogen-bond donors (Lipinski definition) is 0. The highest BCUT2D eigenvalue weighted by Crippen LogP contribution is 2.28. The third kappa shape index (κ3) is 3.03. The zero-order valence-electron chi connectivity index (χ0n) is 12.3. The second-order valence-corrected chi connectivity index (χ2v) is 6.87. The number of fused-ring (bicyclic) bond motifs is 1. The van der Waals surface area contributed by atoms with E-state index in [0.717, 1.165) is 32.0 Å². The van der Waals surface area contributed by atoms with Crippen molar-refractivity contribution in [2.24, 2.45) is 5.92 Å². The van der Waals surface area contributed by atoms with Crippen LogP contribution in [0.2, 0.25) is 0 Å². The Bertz CT molecular complexity index is 325. The van der Waals surface area contributed by atoms with Crippen molar-refractivity contribution in [1.29, 1.82) is 0 Å². The largest absolute Gasteiger partial charge is 0.298 e. The van der Waals surface area contributed by atoms with Crippen molar-refractivity contribution in [3.63, 3.8) is 0 Å². The summed E-state index contributed by atoms with van der Waals surface area (Å²) in [6.07, 6.45) is 8.91. The SMILES string of the molecule is CC1CN2CCCCC2CN1CC(=O)C1CCCC1. The first-order valence-electron chi connectivity index (χ1n) is 8.25. The molecule has 2 aliphatic heterocycles. The highest BCUT2D eigenvalue weighted by Gasteiger charge is 2.34. The highest BCUT2D eigenvalue weighted by atomic mass is 16.1. The summed E-state index contributed by atoms with van der Waals surface area (Å²) >= 11 is 0. The zero-order chi connectivity index (χ0) is 13.2. The van der Waals surface area contributed by atoms with Crippen LogP contribution in [0.4, 0.5) is 0 Å². The summed E-state index contributed by atoms with van der Waals surface area (Å²) in [6, 6.07) is 1.28. The second-order valence-electron chi connectivity index (χ2n) is 6.87. The average Bonchev–Trinajstić information content (AvgIpc) is 2.93. The van der Waals surface area contributed by atoms with Crippen molar-refractivity contribution in [2.45, 2.75) is 64.0 Å². The normalized spacial score (nSPS) is 34.4. The van der Waals surface area contributed by atoms with Crippen LogP contribution in [0.1, 0.15) is 51.9 Å². The van der Waals surface area contributed by atoms with Crippen molar-refractivity contribution in [3.05, 3.63) is 0 Å². The van der Waals surface area contributed by atoms with Gasteiger partial charge >= 0.3 is 0 Å². The maximum Gasteiger partial charge on any atom is 0.149 e. The van der Waals surface area contributed by atoms with Gasteiger partial charge in [-0.25, -0.2) is 0 Å². The number of Topliss-reactive ketones (excluding diaryl/α,β-unsaturated/α-hetero) is 1. The van der Waals surface area contributed by atoms with E-state index in [1.807, 2.05) is 0 Å². The predicted octanol–water partition coefficient (Wildman–Crippen LogP) is 2.30. The van der Waals surface area contributed by atoms with Gasteiger partial charge in [0.2, 0.25) is 0 Å². The Morgan fingerprint density at radius 3 is 2.58 bits per heavy atom. The molecule has 3 nitrogen and oxygen atoms in total. The van der Waals surface area contributed by atoms with Crippen molar-refractivity contribution in [3.8, 4) is 0 Å². The lowest BCUT2D eigenvalue weighted by Gasteiger charge is -2.47. The van der Waals surface area contributed by atoms with Gasteiger partial charge in [-0.15, -0.1) is 0 Å². The first-order chi connectivity index (χ1) is 9.24. The molecule has 0 radical (unpaired) electrons. The van der Waals surface area contributed by atoms with Gasteiger partial charge in [0.05, 0.1) is 6.54 Å². The Kier molecular flexibility index (Phi) is 4.23. The summed E-state index contributed by atoms with van der Waals surface area (Å²) < 4.78 is 0. The number of ketones is 1. The summed E-state index contributed by atoms with van der Waals surface area (Å²) in [5, 5.41) is 0. The number of carbonyl (C=O) groups excluding carboxylic acids is 1. The molecule has 3 rings (SSSR count). The second kappa shape index (κ2) is 5.92. The molecule has 0 amide bonds. The van der Waals surface area contributed by atoms with Crippen LogP contribution in [0.5, 0.6) is 0 Å². The molecule has 0 spiro atoms. The monoisotopic (exact) mass is 264 g/mol. The number of rotatable bonds is 3. The van der Waals surface area contributed by atoms with E-state index >= 15 is 0 Å². The van der Waals surface area contributed by atoms with Crippen LogP contribution in [0.15, 0.2) is 0 Å². The number of carbonyl (C=O) groups is 1. The third-order valence-corrected chi connectivity index (χ3v) is 5.49. The lowest BCUT2D eigenvalue weighted by atomic mass is 9.95. The van der Waals surface area contributed by atoms with Gasteiger partial charge < -0.3 is 0 Å². The molecule has 0 aromatic heterocycles. The van der Waals surface area contributed by atoms with Crippen LogP contribution in [0.25, 0.3) is 0 Å². The Morgan fingerprint density at radius 2 is 1.79 bits per heavy atom. The standard InChI is InChI=1S/C16H28N2O/c1-13-10-17-9-5-4-8-15(17)11-18(13)12-16(19)14-6-2-3-7-14/h13-15H,2-12H2,1H3. The fourth-order valence-electron chi connectivity index (χ4n) is 4.21. The number of piperazine rings is 1. The smallest absolute Gasteiger partial charge is 0.149 e. The van der Waals surface area contributed by atoms with E-state index in [9.17, 15) is 4.79 Å². The molecule has 108 valence electrons. The Balaban J connectivity index is 1.56. The first kappa shape index (κ1) is 13.6. The molecular formula is C16H28N2O. The van der Waals surface area contributed by atoms with Crippen LogP contribution >= 0.6 is 0 Å². The van der Waals surface area contributed by atoms with E-state index in [1.165, 1.54) is 45.2 Å². The molecule has 1 aliphatic carbocycles.